The predicted molar refractivity (Wildman–Crippen MR) is 52.8 cm³/mol. The minimum Gasteiger partial charge on any atom is -0.380 e. The first-order valence-electron chi connectivity index (χ1n) is 4.78. The van der Waals surface area contributed by atoms with E-state index in [-0.39, 0.29) is 11.1 Å². The third-order valence-electron chi connectivity index (χ3n) is 2.25. The van der Waals surface area contributed by atoms with Gasteiger partial charge in [-0.15, -0.1) is 0 Å². The largest absolute Gasteiger partial charge is 0.380 e. The monoisotopic (exact) mass is 231 g/mol. The molecule has 2 N–H and O–H groups in total. The molecule has 0 amide bonds. The van der Waals surface area contributed by atoms with Crippen LogP contribution in [0.25, 0.3) is 0 Å². The second-order valence-corrected chi connectivity index (χ2v) is 5.14. The average Bonchev–Trinajstić information content (AvgIpc) is 2.71. The summed E-state index contributed by atoms with van der Waals surface area (Å²) in [6, 6.07) is 1.29. The first-order chi connectivity index (χ1) is 7.18. The normalized spacial score (nSPS) is 22.8. The van der Waals surface area contributed by atoms with Gasteiger partial charge in [-0.1, -0.05) is 0 Å². The van der Waals surface area contributed by atoms with Gasteiger partial charge in [0.25, 0.3) is 10.0 Å². The number of sulfonamides is 1. The summed E-state index contributed by atoms with van der Waals surface area (Å²) in [6.45, 7) is 1.15. The van der Waals surface area contributed by atoms with Gasteiger partial charge < -0.3 is 4.74 Å². The third-order valence-corrected chi connectivity index (χ3v) is 3.70. The summed E-state index contributed by atoms with van der Waals surface area (Å²) in [5, 5.41) is 6.12. The highest BCUT2D eigenvalue weighted by Gasteiger charge is 2.22. The Bertz CT molecular complexity index is 395. The topological polar surface area (TPSA) is 84.1 Å². The maximum absolute atomic E-state index is 11.7. The molecule has 7 heteroatoms. The van der Waals surface area contributed by atoms with Gasteiger partial charge in [0.05, 0.1) is 12.8 Å². The van der Waals surface area contributed by atoms with Crippen LogP contribution in [0.3, 0.4) is 0 Å². The molecular formula is C8H13N3O3S. The molecule has 0 aromatic carbocycles. The van der Waals surface area contributed by atoms with Crippen molar-refractivity contribution in [2.75, 3.05) is 13.2 Å². The molecule has 1 aromatic heterocycles. The van der Waals surface area contributed by atoms with Crippen LogP contribution in [0.15, 0.2) is 17.3 Å². The van der Waals surface area contributed by atoms with Gasteiger partial charge in [-0.3, -0.25) is 5.10 Å². The van der Waals surface area contributed by atoms with Crippen molar-refractivity contribution in [3.8, 4) is 0 Å². The Hall–Kier alpha value is -0.920. The zero-order valence-electron chi connectivity index (χ0n) is 8.14. The number of ether oxygens (including phenoxy) is 1. The minimum atomic E-state index is -3.46. The van der Waals surface area contributed by atoms with Crippen LogP contribution in [0.2, 0.25) is 0 Å². The van der Waals surface area contributed by atoms with Gasteiger partial charge in [-0.2, -0.15) is 5.10 Å². The number of aromatic amines is 1. The van der Waals surface area contributed by atoms with Crippen LogP contribution < -0.4 is 4.72 Å². The first-order valence-corrected chi connectivity index (χ1v) is 6.26. The summed E-state index contributed by atoms with van der Waals surface area (Å²) in [4.78, 5) is 0. The lowest BCUT2D eigenvalue weighted by Gasteiger charge is -2.22. The summed E-state index contributed by atoms with van der Waals surface area (Å²) < 4.78 is 31.2. The number of nitrogens with one attached hydrogen (secondary N) is 2. The van der Waals surface area contributed by atoms with Crippen LogP contribution in [-0.4, -0.2) is 37.9 Å². The number of hydrogen-bond acceptors (Lipinski definition) is 4. The van der Waals surface area contributed by atoms with Gasteiger partial charge in [0.15, 0.2) is 5.03 Å². The van der Waals surface area contributed by atoms with Crippen LogP contribution in [0.5, 0.6) is 0 Å². The quantitative estimate of drug-likeness (QED) is 0.758. The Balaban J connectivity index is 2.04. The van der Waals surface area contributed by atoms with E-state index in [2.05, 4.69) is 14.9 Å². The second kappa shape index (κ2) is 4.30. The fraction of sp³-hybridized carbons (Fsp3) is 0.625. The number of aromatic nitrogens is 2. The zero-order valence-corrected chi connectivity index (χ0v) is 8.96. The molecule has 1 saturated heterocycles. The Morgan fingerprint density at radius 2 is 2.47 bits per heavy atom. The van der Waals surface area contributed by atoms with Crippen LogP contribution >= 0.6 is 0 Å². The molecule has 1 atom stereocenters. The highest BCUT2D eigenvalue weighted by molar-refractivity contribution is 7.89. The molecule has 84 valence electrons. The molecule has 0 saturated carbocycles. The molecule has 6 nitrogen and oxygen atoms in total. The van der Waals surface area contributed by atoms with Crippen molar-refractivity contribution in [1.82, 2.24) is 14.9 Å². The molecule has 2 rings (SSSR count). The molecule has 1 fully saturated rings. The Morgan fingerprint density at radius 3 is 3.07 bits per heavy atom. The van der Waals surface area contributed by atoms with Crippen molar-refractivity contribution in [3.05, 3.63) is 12.3 Å². The second-order valence-electron chi connectivity index (χ2n) is 3.46. The summed E-state index contributed by atoms with van der Waals surface area (Å²) in [7, 11) is -3.46. The Kier molecular flexibility index (Phi) is 3.03. The van der Waals surface area contributed by atoms with Crippen molar-refractivity contribution in [2.24, 2.45) is 0 Å². The molecule has 0 radical (unpaired) electrons. The van der Waals surface area contributed by atoms with Crippen LogP contribution in [0, 0.1) is 0 Å². The van der Waals surface area contributed by atoms with Crippen LogP contribution in [0.1, 0.15) is 12.8 Å². The van der Waals surface area contributed by atoms with E-state index in [4.69, 9.17) is 4.74 Å². The molecule has 0 bridgehead atoms. The number of H-pyrrole nitrogens is 1. The molecule has 0 aliphatic carbocycles. The highest BCUT2D eigenvalue weighted by atomic mass is 32.2. The number of rotatable bonds is 3. The van der Waals surface area contributed by atoms with E-state index in [1.165, 1.54) is 12.3 Å². The van der Waals surface area contributed by atoms with E-state index in [0.29, 0.717) is 13.2 Å². The fourth-order valence-corrected chi connectivity index (χ4v) is 2.67. The van der Waals surface area contributed by atoms with E-state index >= 15 is 0 Å². The maximum atomic E-state index is 11.7. The molecule has 1 aliphatic rings. The zero-order chi connectivity index (χ0) is 10.7. The molecule has 0 spiro atoms. The van der Waals surface area contributed by atoms with Crippen LogP contribution in [0.4, 0.5) is 0 Å². The van der Waals surface area contributed by atoms with E-state index in [1.54, 1.807) is 0 Å². The van der Waals surface area contributed by atoms with Crippen LogP contribution in [-0.2, 0) is 14.8 Å². The van der Waals surface area contributed by atoms with Crippen molar-refractivity contribution in [3.63, 3.8) is 0 Å². The molecular weight excluding hydrogens is 218 g/mol. The fourth-order valence-electron chi connectivity index (χ4n) is 1.51. The highest BCUT2D eigenvalue weighted by Crippen LogP contribution is 2.10. The van der Waals surface area contributed by atoms with E-state index in [0.717, 1.165) is 12.8 Å². The van der Waals surface area contributed by atoms with E-state index in [9.17, 15) is 8.42 Å². The molecule has 1 aliphatic heterocycles. The van der Waals surface area contributed by atoms with Crippen molar-refractivity contribution < 1.29 is 13.2 Å². The molecule has 2 heterocycles. The summed E-state index contributed by atoms with van der Waals surface area (Å²) in [5.41, 5.74) is 0. The lowest BCUT2D eigenvalue weighted by molar-refractivity contribution is 0.0774. The summed E-state index contributed by atoms with van der Waals surface area (Å²) in [6.07, 6.45) is 3.11. The lowest BCUT2D eigenvalue weighted by Crippen LogP contribution is -2.40. The minimum absolute atomic E-state index is 0.0908. The molecule has 1 unspecified atom stereocenters. The van der Waals surface area contributed by atoms with E-state index < -0.39 is 10.0 Å². The summed E-state index contributed by atoms with van der Waals surface area (Å²) >= 11 is 0. The maximum Gasteiger partial charge on any atom is 0.257 e. The molecule has 1 aromatic rings. The lowest BCUT2D eigenvalue weighted by atomic mass is 10.1. The Morgan fingerprint density at radius 1 is 1.60 bits per heavy atom. The number of hydrogen-bond donors (Lipinski definition) is 2. The van der Waals surface area contributed by atoms with Gasteiger partial charge >= 0.3 is 0 Å². The Labute approximate surface area is 88.1 Å². The standard InChI is InChI=1S/C8H13N3O3S/c12-15(13,8-3-4-9-10-8)11-7-2-1-5-14-6-7/h3-4,7,11H,1-2,5-6H2,(H,9,10). The SMILES string of the molecule is O=S(=O)(NC1CCCOC1)c1ccn[nH]1. The van der Waals surface area contributed by atoms with Crippen molar-refractivity contribution >= 4 is 10.0 Å². The first kappa shape index (κ1) is 10.6. The number of nitrogens with zero attached hydrogens (tertiary/aromatic N) is 1. The van der Waals surface area contributed by atoms with Gasteiger partial charge in [-0.25, -0.2) is 13.1 Å². The van der Waals surface area contributed by atoms with Gasteiger partial charge in [0, 0.05) is 12.6 Å². The van der Waals surface area contributed by atoms with Gasteiger partial charge in [0.2, 0.25) is 0 Å². The van der Waals surface area contributed by atoms with E-state index in [1.807, 2.05) is 0 Å². The van der Waals surface area contributed by atoms with Crippen molar-refractivity contribution in [2.45, 2.75) is 23.9 Å². The van der Waals surface area contributed by atoms with Gasteiger partial charge in [0.1, 0.15) is 0 Å². The smallest absolute Gasteiger partial charge is 0.257 e. The summed E-state index contributed by atoms with van der Waals surface area (Å²) in [5.74, 6) is 0. The third kappa shape index (κ3) is 2.55. The molecule has 15 heavy (non-hydrogen) atoms. The average molecular weight is 231 g/mol. The van der Waals surface area contributed by atoms with Crippen molar-refractivity contribution in [1.29, 1.82) is 0 Å². The predicted octanol–water partition coefficient (Wildman–Crippen LogP) is -0.133. The van der Waals surface area contributed by atoms with Gasteiger partial charge in [-0.05, 0) is 18.9 Å².